The molecule has 1 saturated heterocycles. The van der Waals surface area contributed by atoms with Gasteiger partial charge in [0.25, 0.3) is 5.91 Å². The summed E-state index contributed by atoms with van der Waals surface area (Å²) >= 11 is 13.8. The number of carbonyl (C=O) groups excluding carboxylic acids is 2. The minimum atomic E-state index is -0.520. The van der Waals surface area contributed by atoms with Crippen LogP contribution < -0.4 is 10.1 Å². The molecule has 3 amide bonds. The standard InChI is InChI=1S/C18H16Cl2N2O3S/c19-12-5-6-16(14(20)11-12)25-15-4-2-1-3-13(15)17(23)21-18(24)22-7-9-26-10-8-22/h1-6,11H,7-10H2,(H,21,23,24). The van der Waals surface area contributed by atoms with Crippen molar-refractivity contribution >= 4 is 46.9 Å². The lowest BCUT2D eigenvalue weighted by Crippen LogP contribution is -2.46. The fourth-order valence-electron chi connectivity index (χ4n) is 2.43. The van der Waals surface area contributed by atoms with Gasteiger partial charge in [-0.15, -0.1) is 0 Å². The lowest BCUT2D eigenvalue weighted by molar-refractivity contribution is 0.0951. The number of nitrogens with one attached hydrogen (secondary N) is 1. The van der Waals surface area contributed by atoms with Crippen LogP contribution in [-0.2, 0) is 0 Å². The third-order valence-electron chi connectivity index (χ3n) is 3.76. The Labute approximate surface area is 165 Å². The van der Waals surface area contributed by atoms with Gasteiger partial charge in [-0.1, -0.05) is 35.3 Å². The molecule has 0 aromatic heterocycles. The molecular formula is C18H16Cl2N2O3S. The molecule has 8 heteroatoms. The van der Waals surface area contributed by atoms with Crippen molar-refractivity contribution < 1.29 is 14.3 Å². The Morgan fingerprint density at radius 2 is 1.77 bits per heavy atom. The third-order valence-corrected chi connectivity index (χ3v) is 5.24. The highest BCUT2D eigenvalue weighted by molar-refractivity contribution is 7.99. The second kappa shape index (κ2) is 8.66. The Hall–Kier alpha value is -1.89. The van der Waals surface area contributed by atoms with Gasteiger partial charge in [0.05, 0.1) is 10.6 Å². The number of amides is 3. The number of thioether (sulfide) groups is 1. The monoisotopic (exact) mass is 410 g/mol. The van der Waals surface area contributed by atoms with Crippen LogP contribution in [-0.4, -0.2) is 41.4 Å². The summed E-state index contributed by atoms with van der Waals surface area (Å²) in [5.74, 6) is 1.90. The maximum absolute atomic E-state index is 12.5. The van der Waals surface area contributed by atoms with E-state index in [0.29, 0.717) is 34.6 Å². The van der Waals surface area contributed by atoms with Crippen LogP contribution in [0.15, 0.2) is 42.5 Å². The van der Waals surface area contributed by atoms with Crippen molar-refractivity contribution in [1.29, 1.82) is 0 Å². The fourth-order valence-corrected chi connectivity index (χ4v) is 3.78. The molecule has 2 aromatic carbocycles. The zero-order chi connectivity index (χ0) is 18.5. The van der Waals surface area contributed by atoms with Crippen LogP contribution >= 0.6 is 35.0 Å². The lowest BCUT2D eigenvalue weighted by atomic mass is 10.2. The molecule has 0 spiro atoms. The van der Waals surface area contributed by atoms with E-state index in [9.17, 15) is 9.59 Å². The van der Waals surface area contributed by atoms with Gasteiger partial charge in [-0.2, -0.15) is 11.8 Å². The van der Waals surface area contributed by atoms with Gasteiger partial charge in [-0.05, 0) is 30.3 Å². The second-order valence-electron chi connectivity index (χ2n) is 5.53. The number of rotatable bonds is 3. The van der Waals surface area contributed by atoms with Crippen LogP contribution in [0, 0.1) is 0 Å². The fraction of sp³-hybridized carbons (Fsp3) is 0.222. The molecule has 5 nitrogen and oxygen atoms in total. The number of hydrogen-bond donors (Lipinski definition) is 1. The molecule has 1 aliphatic rings. The predicted octanol–water partition coefficient (Wildman–Crippen LogP) is 4.68. The molecule has 0 aliphatic carbocycles. The van der Waals surface area contributed by atoms with Gasteiger partial charge in [0, 0.05) is 29.6 Å². The smallest absolute Gasteiger partial charge is 0.324 e. The Morgan fingerprint density at radius 1 is 1.04 bits per heavy atom. The van der Waals surface area contributed by atoms with Crippen LogP contribution in [0.5, 0.6) is 11.5 Å². The normalized spacial score (nSPS) is 14.0. The summed E-state index contributed by atoms with van der Waals surface area (Å²) in [5, 5.41) is 3.23. The number of hydrogen-bond acceptors (Lipinski definition) is 4. The van der Waals surface area contributed by atoms with Gasteiger partial charge >= 0.3 is 6.03 Å². The van der Waals surface area contributed by atoms with Crippen LogP contribution in [0.2, 0.25) is 10.0 Å². The minimum Gasteiger partial charge on any atom is -0.455 e. The van der Waals surface area contributed by atoms with Crippen LogP contribution in [0.25, 0.3) is 0 Å². The molecule has 0 radical (unpaired) electrons. The molecule has 0 unspecified atom stereocenters. The molecular weight excluding hydrogens is 395 g/mol. The van der Waals surface area contributed by atoms with E-state index in [1.54, 1.807) is 59.1 Å². The van der Waals surface area contributed by atoms with E-state index in [1.165, 1.54) is 0 Å². The van der Waals surface area contributed by atoms with Crippen molar-refractivity contribution in [3.05, 3.63) is 58.1 Å². The molecule has 0 bridgehead atoms. The molecule has 2 aromatic rings. The molecule has 1 heterocycles. The van der Waals surface area contributed by atoms with Crippen LogP contribution in [0.3, 0.4) is 0 Å². The van der Waals surface area contributed by atoms with E-state index in [1.807, 2.05) is 0 Å². The zero-order valence-electron chi connectivity index (χ0n) is 13.7. The van der Waals surface area contributed by atoms with E-state index in [4.69, 9.17) is 27.9 Å². The van der Waals surface area contributed by atoms with E-state index in [0.717, 1.165) is 11.5 Å². The van der Waals surface area contributed by atoms with E-state index in [-0.39, 0.29) is 5.56 Å². The molecule has 1 N–H and O–H groups in total. The van der Waals surface area contributed by atoms with Crippen molar-refractivity contribution in [1.82, 2.24) is 10.2 Å². The highest BCUT2D eigenvalue weighted by Crippen LogP contribution is 2.33. The summed E-state index contributed by atoms with van der Waals surface area (Å²) in [7, 11) is 0. The number of ether oxygens (including phenoxy) is 1. The van der Waals surface area contributed by atoms with Crippen molar-refractivity contribution in [3.8, 4) is 11.5 Å². The Balaban J connectivity index is 1.75. The first-order chi connectivity index (χ1) is 12.5. The molecule has 26 heavy (non-hydrogen) atoms. The number of urea groups is 1. The van der Waals surface area contributed by atoms with E-state index >= 15 is 0 Å². The van der Waals surface area contributed by atoms with Crippen LogP contribution in [0.1, 0.15) is 10.4 Å². The van der Waals surface area contributed by atoms with Gasteiger partial charge in [0.15, 0.2) is 0 Å². The number of halogens is 2. The Kier molecular flexibility index (Phi) is 6.29. The average molecular weight is 411 g/mol. The number of nitrogens with zero attached hydrogens (tertiary/aromatic N) is 1. The average Bonchev–Trinajstić information content (AvgIpc) is 2.65. The maximum Gasteiger partial charge on any atom is 0.324 e. The molecule has 1 aliphatic heterocycles. The first-order valence-corrected chi connectivity index (χ1v) is 9.85. The third kappa shape index (κ3) is 4.63. The predicted molar refractivity (Wildman–Crippen MR) is 105 cm³/mol. The van der Waals surface area contributed by atoms with Crippen molar-refractivity contribution in [3.63, 3.8) is 0 Å². The minimum absolute atomic E-state index is 0.248. The summed E-state index contributed by atoms with van der Waals surface area (Å²) < 4.78 is 5.76. The van der Waals surface area contributed by atoms with Crippen molar-refractivity contribution in [2.24, 2.45) is 0 Å². The summed E-state index contributed by atoms with van der Waals surface area (Å²) in [6.45, 7) is 1.25. The molecule has 0 saturated carbocycles. The summed E-state index contributed by atoms with van der Waals surface area (Å²) in [6, 6.07) is 11.1. The molecule has 3 rings (SSSR count). The SMILES string of the molecule is O=C(NC(=O)N1CCSCC1)c1ccccc1Oc1ccc(Cl)cc1Cl. The van der Waals surface area contributed by atoms with Gasteiger partial charge in [0.2, 0.25) is 0 Å². The first-order valence-electron chi connectivity index (χ1n) is 7.94. The first kappa shape index (κ1) is 18.9. The maximum atomic E-state index is 12.5. The van der Waals surface area contributed by atoms with Gasteiger partial charge in [-0.25, -0.2) is 4.79 Å². The largest absolute Gasteiger partial charge is 0.455 e. The van der Waals surface area contributed by atoms with Gasteiger partial charge in [-0.3, -0.25) is 10.1 Å². The number of imide groups is 1. The summed E-state index contributed by atoms with van der Waals surface area (Å²) in [4.78, 5) is 26.4. The van der Waals surface area contributed by atoms with Gasteiger partial charge < -0.3 is 9.64 Å². The Bertz CT molecular complexity index is 826. The highest BCUT2D eigenvalue weighted by Gasteiger charge is 2.21. The Morgan fingerprint density at radius 3 is 2.50 bits per heavy atom. The van der Waals surface area contributed by atoms with Gasteiger partial charge in [0.1, 0.15) is 11.5 Å². The quantitative estimate of drug-likeness (QED) is 0.797. The summed E-state index contributed by atoms with van der Waals surface area (Å²) in [6.07, 6.45) is 0. The van der Waals surface area contributed by atoms with E-state index in [2.05, 4.69) is 5.32 Å². The number of carbonyl (C=O) groups is 2. The summed E-state index contributed by atoms with van der Waals surface area (Å²) in [5.41, 5.74) is 0.248. The molecule has 1 fully saturated rings. The highest BCUT2D eigenvalue weighted by atomic mass is 35.5. The zero-order valence-corrected chi connectivity index (χ0v) is 16.0. The number of benzene rings is 2. The topological polar surface area (TPSA) is 58.6 Å². The van der Waals surface area contributed by atoms with E-state index < -0.39 is 11.9 Å². The number of para-hydroxylation sites is 1. The van der Waals surface area contributed by atoms with Crippen molar-refractivity contribution in [2.75, 3.05) is 24.6 Å². The van der Waals surface area contributed by atoms with Crippen LogP contribution in [0.4, 0.5) is 4.79 Å². The molecule has 0 atom stereocenters. The lowest BCUT2D eigenvalue weighted by Gasteiger charge is -2.26. The van der Waals surface area contributed by atoms with Crippen molar-refractivity contribution in [2.45, 2.75) is 0 Å². The molecule has 136 valence electrons. The second-order valence-corrected chi connectivity index (χ2v) is 7.60.